The molecule has 0 saturated heterocycles. The highest BCUT2D eigenvalue weighted by molar-refractivity contribution is 5.96. The predicted molar refractivity (Wildman–Crippen MR) is 106 cm³/mol. The van der Waals surface area contributed by atoms with E-state index in [1.807, 2.05) is 6.92 Å². The fourth-order valence-corrected chi connectivity index (χ4v) is 4.27. The fourth-order valence-electron chi connectivity index (χ4n) is 4.27. The maximum absolute atomic E-state index is 12.6. The van der Waals surface area contributed by atoms with Crippen molar-refractivity contribution >= 4 is 5.91 Å². The molecule has 0 aromatic heterocycles. The van der Waals surface area contributed by atoms with Crippen LogP contribution in [0.1, 0.15) is 104 Å². The normalized spacial score (nSPS) is 25.2. The molecule has 1 N–H and O–H groups in total. The van der Waals surface area contributed by atoms with Crippen LogP contribution in [0.2, 0.25) is 0 Å². The number of carbonyl (C=O) groups excluding carboxylic acids is 1. The predicted octanol–water partition coefficient (Wildman–Crippen LogP) is 5.55. The van der Waals surface area contributed by atoms with Gasteiger partial charge in [-0.3, -0.25) is 10.1 Å². The number of hydrogen-bond acceptors (Lipinski definition) is 2. The van der Waals surface area contributed by atoms with Crippen LogP contribution in [0.3, 0.4) is 0 Å². The maximum atomic E-state index is 12.6. The minimum Gasteiger partial charge on any atom is -0.319 e. The molecule has 1 saturated carbocycles. The smallest absolute Gasteiger partial charge is 0.251 e. The van der Waals surface area contributed by atoms with E-state index >= 15 is 0 Å². The highest BCUT2D eigenvalue weighted by Crippen LogP contribution is 2.26. The zero-order chi connectivity index (χ0) is 18.1. The maximum Gasteiger partial charge on any atom is 0.251 e. The molecule has 1 atom stereocenters. The third-order valence-electron chi connectivity index (χ3n) is 6.15. The standard InChI is InChI=1S/C22H40N2O/c1-4-5-17-24-21(18(2)19(3)22(24)25)23-20-15-13-11-9-7-6-8-10-12-14-16-20/h20-21,23H,4-17H2,1-3H3. The summed E-state index contributed by atoms with van der Waals surface area (Å²) < 4.78 is 0. The van der Waals surface area contributed by atoms with Crippen molar-refractivity contribution in [2.24, 2.45) is 0 Å². The fraction of sp³-hybridized carbons (Fsp3) is 0.864. The Morgan fingerprint density at radius 3 is 1.96 bits per heavy atom. The lowest BCUT2D eigenvalue weighted by molar-refractivity contribution is -0.127. The molecule has 2 rings (SSSR count). The molecule has 1 aliphatic heterocycles. The summed E-state index contributed by atoms with van der Waals surface area (Å²) in [5, 5.41) is 3.89. The van der Waals surface area contributed by atoms with E-state index in [0.717, 1.165) is 25.0 Å². The van der Waals surface area contributed by atoms with Gasteiger partial charge in [-0.2, -0.15) is 0 Å². The molecule has 1 unspecified atom stereocenters. The van der Waals surface area contributed by atoms with E-state index in [0.29, 0.717) is 6.04 Å². The van der Waals surface area contributed by atoms with E-state index in [1.165, 1.54) is 76.2 Å². The van der Waals surface area contributed by atoms with Crippen LogP contribution in [0.5, 0.6) is 0 Å². The molecule has 0 aromatic rings. The second-order valence-corrected chi connectivity index (χ2v) is 8.19. The Morgan fingerprint density at radius 1 is 0.920 bits per heavy atom. The van der Waals surface area contributed by atoms with Crippen LogP contribution in [0.4, 0.5) is 0 Å². The van der Waals surface area contributed by atoms with Gasteiger partial charge in [-0.05, 0) is 38.7 Å². The molecule has 3 nitrogen and oxygen atoms in total. The average Bonchev–Trinajstić information content (AvgIpc) is 2.79. The Labute approximate surface area is 155 Å². The van der Waals surface area contributed by atoms with Gasteiger partial charge >= 0.3 is 0 Å². The third kappa shape index (κ3) is 6.13. The van der Waals surface area contributed by atoms with Crippen LogP contribution in [-0.2, 0) is 4.79 Å². The minimum atomic E-state index is 0.136. The van der Waals surface area contributed by atoms with Crippen molar-refractivity contribution in [3.8, 4) is 0 Å². The average molecular weight is 349 g/mol. The van der Waals surface area contributed by atoms with Gasteiger partial charge in [0, 0.05) is 18.2 Å². The largest absolute Gasteiger partial charge is 0.319 e. The van der Waals surface area contributed by atoms with Gasteiger partial charge in [-0.25, -0.2) is 0 Å². The lowest BCUT2D eigenvalue weighted by Crippen LogP contribution is -2.49. The third-order valence-corrected chi connectivity index (χ3v) is 6.15. The van der Waals surface area contributed by atoms with Crippen LogP contribution < -0.4 is 5.32 Å². The SMILES string of the molecule is CCCCN1C(=O)C(C)=C(C)C1NC1CCCCCCCCCCC1. The Kier molecular flexibility index (Phi) is 9.02. The van der Waals surface area contributed by atoms with Gasteiger partial charge in [0.1, 0.15) is 6.17 Å². The second-order valence-electron chi connectivity index (χ2n) is 8.19. The Balaban J connectivity index is 1.97. The second kappa shape index (κ2) is 11.0. The number of amides is 1. The summed E-state index contributed by atoms with van der Waals surface area (Å²) >= 11 is 0. The molecule has 0 aromatic carbocycles. The van der Waals surface area contributed by atoms with Crippen LogP contribution in [0.25, 0.3) is 0 Å². The van der Waals surface area contributed by atoms with E-state index in [-0.39, 0.29) is 12.1 Å². The molecule has 3 heteroatoms. The number of nitrogens with zero attached hydrogens (tertiary/aromatic N) is 1. The van der Waals surface area contributed by atoms with Crippen molar-refractivity contribution in [1.82, 2.24) is 10.2 Å². The number of rotatable bonds is 5. The Bertz CT molecular complexity index is 431. The first-order valence-corrected chi connectivity index (χ1v) is 10.9. The van der Waals surface area contributed by atoms with E-state index in [4.69, 9.17) is 0 Å². The molecule has 1 aliphatic carbocycles. The molecule has 0 bridgehead atoms. The summed E-state index contributed by atoms with van der Waals surface area (Å²) in [5.74, 6) is 0.247. The molecule has 25 heavy (non-hydrogen) atoms. The van der Waals surface area contributed by atoms with Crippen molar-refractivity contribution in [2.75, 3.05) is 6.54 Å². The molecular formula is C22H40N2O. The summed E-state index contributed by atoms with van der Waals surface area (Å²) in [6.07, 6.45) is 17.4. The Hall–Kier alpha value is -0.830. The minimum absolute atomic E-state index is 0.136. The highest BCUT2D eigenvalue weighted by atomic mass is 16.2. The first kappa shape index (κ1) is 20.5. The van der Waals surface area contributed by atoms with Gasteiger partial charge < -0.3 is 4.90 Å². The number of hydrogen-bond donors (Lipinski definition) is 1. The molecule has 1 heterocycles. The van der Waals surface area contributed by atoms with Crippen LogP contribution in [0.15, 0.2) is 11.1 Å². The summed E-state index contributed by atoms with van der Waals surface area (Å²) in [7, 11) is 0. The van der Waals surface area contributed by atoms with Gasteiger partial charge in [0.25, 0.3) is 5.91 Å². The summed E-state index contributed by atoms with van der Waals surface area (Å²) in [6, 6.07) is 0.558. The molecule has 1 amide bonds. The van der Waals surface area contributed by atoms with Gasteiger partial charge in [0.2, 0.25) is 0 Å². The highest BCUT2D eigenvalue weighted by Gasteiger charge is 2.35. The molecule has 0 radical (unpaired) electrons. The summed E-state index contributed by atoms with van der Waals surface area (Å²) in [5.41, 5.74) is 2.20. The Morgan fingerprint density at radius 2 is 1.44 bits per heavy atom. The van der Waals surface area contributed by atoms with Gasteiger partial charge in [-0.15, -0.1) is 0 Å². The summed E-state index contributed by atoms with van der Waals surface area (Å²) in [4.78, 5) is 14.7. The molecular weight excluding hydrogens is 308 g/mol. The monoisotopic (exact) mass is 348 g/mol. The first-order chi connectivity index (χ1) is 12.1. The van der Waals surface area contributed by atoms with Gasteiger partial charge in [0.05, 0.1) is 0 Å². The van der Waals surface area contributed by atoms with E-state index < -0.39 is 0 Å². The molecule has 2 aliphatic rings. The summed E-state index contributed by atoms with van der Waals surface area (Å²) in [6.45, 7) is 7.23. The van der Waals surface area contributed by atoms with Gasteiger partial charge in [-0.1, -0.05) is 71.1 Å². The van der Waals surface area contributed by atoms with Crippen LogP contribution in [0, 0.1) is 0 Å². The first-order valence-electron chi connectivity index (χ1n) is 10.9. The van der Waals surface area contributed by atoms with E-state index in [1.54, 1.807) is 0 Å². The molecule has 0 spiro atoms. The zero-order valence-electron chi connectivity index (χ0n) is 16.9. The lowest BCUT2D eigenvalue weighted by atomic mass is 9.97. The lowest BCUT2D eigenvalue weighted by Gasteiger charge is -2.32. The number of unbranched alkanes of at least 4 members (excludes halogenated alkanes) is 1. The van der Waals surface area contributed by atoms with Crippen molar-refractivity contribution in [1.29, 1.82) is 0 Å². The topological polar surface area (TPSA) is 32.3 Å². The molecule has 144 valence electrons. The van der Waals surface area contributed by atoms with Crippen LogP contribution in [-0.4, -0.2) is 29.6 Å². The quantitative estimate of drug-likeness (QED) is 0.706. The molecule has 1 fully saturated rings. The van der Waals surface area contributed by atoms with Gasteiger partial charge in [0.15, 0.2) is 0 Å². The van der Waals surface area contributed by atoms with E-state index in [2.05, 4.69) is 24.1 Å². The van der Waals surface area contributed by atoms with Crippen molar-refractivity contribution in [3.05, 3.63) is 11.1 Å². The van der Waals surface area contributed by atoms with Crippen molar-refractivity contribution in [2.45, 2.75) is 116 Å². The van der Waals surface area contributed by atoms with Crippen molar-refractivity contribution < 1.29 is 4.79 Å². The zero-order valence-corrected chi connectivity index (χ0v) is 16.9. The van der Waals surface area contributed by atoms with Crippen LogP contribution >= 0.6 is 0 Å². The van der Waals surface area contributed by atoms with Crippen molar-refractivity contribution in [3.63, 3.8) is 0 Å². The number of carbonyl (C=O) groups is 1. The van der Waals surface area contributed by atoms with E-state index in [9.17, 15) is 4.79 Å². The number of nitrogens with one attached hydrogen (secondary N) is 1.